The molecule has 2 aromatic carbocycles. The number of hydrogen-bond acceptors (Lipinski definition) is 4. The molecule has 1 unspecified atom stereocenters. The maximum absolute atomic E-state index is 12.3. The SMILES string of the molecule is O=C(O)CC(NC(=O)COc1ccccc1OCC(F)(F)F)c1ccccc1. The van der Waals surface area contributed by atoms with Crippen molar-refractivity contribution in [3.63, 3.8) is 0 Å². The van der Waals surface area contributed by atoms with Gasteiger partial charge in [0, 0.05) is 0 Å². The molecule has 1 amide bonds. The Labute approximate surface area is 158 Å². The molecule has 0 aliphatic rings. The van der Waals surface area contributed by atoms with Gasteiger partial charge in [-0.2, -0.15) is 13.2 Å². The Hall–Kier alpha value is -3.23. The summed E-state index contributed by atoms with van der Waals surface area (Å²) in [5, 5.41) is 11.6. The molecule has 1 atom stereocenters. The number of carbonyl (C=O) groups excluding carboxylic acids is 1. The molecule has 2 N–H and O–H groups in total. The lowest BCUT2D eigenvalue weighted by molar-refractivity contribution is -0.153. The second kappa shape index (κ2) is 9.63. The van der Waals surface area contributed by atoms with Crippen molar-refractivity contribution in [3.8, 4) is 11.5 Å². The van der Waals surface area contributed by atoms with E-state index in [0.717, 1.165) is 0 Å². The van der Waals surface area contributed by atoms with E-state index in [0.29, 0.717) is 5.56 Å². The Balaban J connectivity index is 1.98. The number of nitrogens with one attached hydrogen (secondary N) is 1. The first-order valence-corrected chi connectivity index (χ1v) is 8.22. The zero-order valence-corrected chi connectivity index (χ0v) is 14.6. The van der Waals surface area contributed by atoms with E-state index < -0.39 is 37.3 Å². The largest absolute Gasteiger partial charge is 0.481 e. The molecule has 0 radical (unpaired) electrons. The van der Waals surface area contributed by atoms with Crippen LogP contribution in [-0.2, 0) is 9.59 Å². The lowest BCUT2D eigenvalue weighted by Gasteiger charge is -2.18. The molecule has 150 valence electrons. The van der Waals surface area contributed by atoms with Crippen molar-refractivity contribution in [1.82, 2.24) is 5.32 Å². The molecule has 28 heavy (non-hydrogen) atoms. The van der Waals surface area contributed by atoms with E-state index >= 15 is 0 Å². The van der Waals surface area contributed by atoms with Gasteiger partial charge in [-0.3, -0.25) is 9.59 Å². The number of aliphatic carboxylic acids is 1. The van der Waals surface area contributed by atoms with E-state index in [4.69, 9.17) is 9.84 Å². The van der Waals surface area contributed by atoms with Crippen LogP contribution in [0.15, 0.2) is 54.6 Å². The van der Waals surface area contributed by atoms with Crippen LogP contribution in [0.1, 0.15) is 18.0 Å². The fourth-order valence-corrected chi connectivity index (χ4v) is 2.34. The third-order valence-corrected chi connectivity index (χ3v) is 3.52. The first-order valence-electron chi connectivity index (χ1n) is 8.22. The zero-order chi connectivity index (χ0) is 20.6. The number of benzene rings is 2. The maximum atomic E-state index is 12.3. The summed E-state index contributed by atoms with van der Waals surface area (Å²) in [6.07, 6.45) is -4.84. The lowest BCUT2D eigenvalue weighted by atomic mass is 10.0. The van der Waals surface area contributed by atoms with Crippen molar-refractivity contribution in [1.29, 1.82) is 0 Å². The van der Waals surface area contributed by atoms with Crippen LogP contribution in [0.2, 0.25) is 0 Å². The Morgan fingerprint density at radius 1 is 0.964 bits per heavy atom. The minimum atomic E-state index is -4.51. The molecule has 0 heterocycles. The van der Waals surface area contributed by atoms with E-state index in [9.17, 15) is 22.8 Å². The summed E-state index contributed by atoms with van der Waals surface area (Å²) in [7, 11) is 0. The fourth-order valence-electron chi connectivity index (χ4n) is 2.34. The molecule has 2 rings (SSSR count). The molecule has 0 fully saturated rings. The lowest BCUT2D eigenvalue weighted by Crippen LogP contribution is -2.33. The first kappa shape index (κ1) is 21.1. The third kappa shape index (κ3) is 7.18. The number of alkyl halides is 3. The van der Waals surface area contributed by atoms with E-state index in [1.54, 1.807) is 30.3 Å². The average molecular weight is 397 g/mol. The highest BCUT2D eigenvalue weighted by Crippen LogP contribution is 2.28. The number of carbonyl (C=O) groups is 2. The van der Waals surface area contributed by atoms with E-state index in [1.807, 2.05) is 0 Å². The number of carboxylic acids is 1. The Morgan fingerprint density at radius 2 is 1.54 bits per heavy atom. The van der Waals surface area contributed by atoms with Crippen molar-refractivity contribution < 1.29 is 37.3 Å². The summed E-state index contributed by atoms with van der Waals surface area (Å²) in [5.41, 5.74) is 0.604. The number of rotatable bonds is 9. The summed E-state index contributed by atoms with van der Waals surface area (Å²) in [4.78, 5) is 23.2. The van der Waals surface area contributed by atoms with Crippen molar-refractivity contribution in [2.45, 2.75) is 18.6 Å². The molecule has 0 saturated heterocycles. The van der Waals surface area contributed by atoms with Gasteiger partial charge in [-0.1, -0.05) is 42.5 Å². The number of halogens is 3. The molecule has 0 bridgehead atoms. The predicted octanol–water partition coefficient (Wildman–Crippen LogP) is 3.34. The standard InChI is InChI=1S/C19H18F3NO5/c20-19(21,22)12-28-16-9-5-4-8-15(16)27-11-17(24)23-14(10-18(25)26)13-6-2-1-3-7-13/h1-9,14H,10-12H2,(H,23,24)(H,25,26). The van der Waals surface area contributed by atoms with Gasteiger partial charge in [0.25, 0.3) is 5.91 Å². The van der Waals surface area contributed by atoms with Crippen LogP contribution < -0.4 is 14.8 Å². The second-order valence-electron chi connectivity index (χ2n) is 5.77. The summed E-state index contributed by atoms with van der Waals surface area (Å²) in [5.74, 6) is -1.91. The minimum absolute atomic E-state index is 0.0311. The summed E-state index contributed by atoms with van der Waals surface area (Å²) >= 11 is 0. The van der Waals surface area contributed by atoms with Gasteiger partial charge in [-0.05, 0) is 17.7 Å². The zero-order valence-electron chi connectivity index (χ0n) is 14.6. The normalized spacial score (nSPS) is 12.1. The van der Waals surface area contributed by atoms with Crippen LogP contribution in [0.5, 0.6) is 11.5 Å². The highest BCUT2D eigenvalue weighted by Gasteiger charge is 2.29. The molecular formula is C19H18F3NO5. The third-order valence-electron chi connectivity index (χ3n) is 3.52. The number of amides is 1. The summed E-state index contributed by atoms with van der Waals surface area (Å²) < 4.78 is 46.9. The Kier molecular flexibility index (Phi) is 7.25. The Morgan fingerprint density at radius 3 is 2.11 bits per heavy atom. The topological polar surface area (TPSA) is 84.9 Å². The number of ether oxygens (including phenoxy) is 2. The van der Waals surface area contributed by atoms with Gasteiger partial charge in [0.05, 0.1) is 12.5 Å². The van der Waals surface area contributed by atoms with Crippen molar-refractivity contribution >= 4 is 11.9 Å². The smallest absolute Gasteiger partial charge is 0.422 e. The van der Waals surface area contributed by atoms with Crippen LogP contribution in [-0.4, -0.2) is 36.4 Å². The van der Waals surface area contributed by atoms with Crippen molar-refractivity contribution in [2.24, 2.45) is 0 Å². The van der Waals surface area contributed by atoms with Gasteiger partial charge >= 0.3 is 12.1 Å². The highest BCUT2D eigenvalue weighted by molar-refractivity contribution is 5.79. The molecule has 0 aliphatic carbocycles. The number of para-hydroxylation sites is 2. The molecular weight excluding hydrogens is 379 g/mol. The van der Waals surface area contributed by atoms with Crippen LogP contribution in [0.4, 0.5) is 13.2 Å². The number of hydrogen-bond donors (Lipinski definition) is 2. The molecule has 0 saturated carbocycles. The first-order chi connectivity index (χ1) is 13.2. The monoisotopic (exact) mass is 397 g/mol. The van der Waals surface area contributed by atoms with Crippen LogP contribution in [0, 0.1) is 0 Å². The van der Waals surface area contributed by atoms with Gasteiger partial charge in [0.15, 0.2) is 24.7 Å². The van der Waals surface area contributed by atoms with E-state index in [2.05, 4.69) is 10.1 Å². The van der Waals surface area contributed by atoms with Gasteiger partial charge < -0.3 is 19.9 Å². The van der Waals surface area contributed by atoms with Crippen LogP contribution in [0.3, 0.4) is 0 Å². The highest BCUT2D eigenvalue weighted by atomic mass is 19.4. The second-order valence-corrected chi connectivity index (χ2v) is 5.77. The van der Waals surface area contributed by atoms with Crippen LogP contribution >= 0.6 is 0 Å². The van der Waals surface area contributed by atoms with Crippen LogP contribution in [0.25, 0.3) is 0 Å². The van der Waals surface area contributed by atoms with E-state index in [-0.39, 0.29) is 17.9 Å². The fraction of sp³-hybridized carbons (Fsp3) is 0.263. The average Bonchev–Trinajstić information content (AvgIpc) is 2.64. The van der Waals surface area contributed by atoms with Gasteiger partial charge in [-0.25, -0.2) is 0 Å². The quantitative estimate of drug-likeness (QED) is 0.678. The molecule has 2 aromatic rings. The molecule has 0 spiro atoms. The molecule has 9 heteroatoms. The molecule has 0 aliphatic heterocycles. The Bertz CT molecular complexity index is 796. The van der Waals surface area contributed by atoms with Crippen molar-refractivity contribution in [2.75, 3.05) is 13.2 Å². The van der Waals surface area contributed by atoms with Gasteiger partial charge in [-0.15, -0.1) is 0 Å². The summed E-state index contributed by atoms with van der Waals surface area (Å²) in [6, 6.07) is 13.4. The van der Waals surface area contributed by atoms with E-state index in [1.165, 1.54) is 24.3 Å². The van der Waals surface area contributed by atoms with Gasteiger partial charge in [0.2, 0.25) is 0 Å². The van der Waals surface area contributed by atoms with Gasteiger partial charge in [0.1, 0.15) is 0 Å². The molecule has 0 aromatic heterocycles. The van der Waals surface area contributed by atoms with Crippen molar-refractivity contribution in [3.05, 3.63) is 60.2 Å². The number of carboxylic acid groups (broad SMARTS) is 1. The predicted molar refractivity (Wildman–Crippen MR) is 93.1 cm³/mol. The minimum Gasteiger partial charge on any atom is -0.481 e. The maximum Gasteiger partial charge on any atom is 0.422 e. The molecule has 6 nitrogen and oxygen atoms in total. The summed E-state index contributed by atoms with van der Waals surface area (Å²) in [6.45, 7) is -2.01.